The first-order chi connectivity index (χ1) is 15.9. The van der Waals surface area contributed by atoms with E-state index in [0.717, 1.165) is 12.1 Å². The normalized spacial score (nSPS) is 18.3. The smallest absolute Gasteiger partial charge is 0.237 e. The number of benzene rings is 1. The second-order valence-electron chi connectivity index (χ2n) is 7.96. The molecular formula is C22H22F2N8O. The molecule has 170 valence electrons. The van der Waals surface area contributed by atoms with Gasteiger partial charge in [0.1, 0.15) is 23.2 Å². The molecule has 5 rings (SSSR count). The molecular weight excluding hydrogens is 430 g/mol. The molecule has 2 N–H and O–H groups in total. The number of aromatic nitrogens is 4. The third-order valence-corrected chi connectivity index (χ3v) is 5.89. The van der Waals surface area contributed by atoms with E-state index in [1.54, 1.807) is 28.8 Å². The van der Waals surface area contributed by atoms with Crippen molar-refractivity contribution in [1.29, 1.82) is 10.8 Å². The van der Waals surface area contributed by atoms with Crippen LogP contribution in [-0.2, 0) is 4.74 Å². The minimum atomic E-state index is -0.967. The molecule has 9 nitrogen and oxygen atoms in total. The average molecular weight is 452 g/mol. The fourth-order valence-electron chi connectivity index (χ4n) is 4.26. The topological polar surface area (TPSA) is 107 Å². The fourth-order valence-corrected chi connectivity index (χ4v) is 4.26. The number of fused-ring (bicyclic) bond motifs is 1. The van der Waals surface area contributed by atoms with Gasteiger partial charge in [-0.2, -0.15) is 4.98 Å². The third-order valence-electron chi connectivity index (χ3n) is 5.89. The van der Waals surface area contributed by atoms with Gasteiger partial charge in [-0.15, -0.1) is 0 Å². The minimum Gasteiger partial charge on any atom is -0.377 e. The molecule has 0 saturated carbocycles. The molecule has 1 saturated heterocycles. The van der Waals surface area contributed by atoms with Crippen molar-refractivity contribution < 1.29 is 13.5 Å². The van der Waals surface area contributed by atoms with Gasteiger partial charge in [0, 0.05) is 18.0 Å². The van der Waals surface area contributed by atoms with Crippen molar-refractivity contribution in [3.8, 4) is 17.3 Å². The summed E-state index contributed by atoms with van der Waals surface area (Å²) in [4.78, 5) is 17.2. The molecule has 1 aromatic carbocycles. The molecule has 2 aliphatic rings. The van der Waals surface area contributed by atoms with Crippen molar-refractivity contribution in [2.24, 2.45) is 0 Å². The Morgan fingerprint density at radius 1 is 1.21 bits per heavy atom. The van der Waals surface area contributed by atoms with Gasteiger partial charge >= 0.3 is 0 Å². The molecule has 2 aromatic heterocycles. The molecule has 1 fully saturated rings. The number of rotatable bonds is 4. The van der Waals surface area contributed by atoms with Crippen LogP contribution in [0.25, 0.3) is 17.3 Å². The molecule has 0 unspecified atom stereocenters. The lowest BCUT2D eigenvalue weighted by atomic mass is 10.0. The standard InChI is InChI=1S/C22H22F2N8O/c1-3-17-19(26)31(12(2)25)18-9-28-22(29-21(18)32(17)14-10-33-11-14)30-7-6-27-20(30)13-4-5-15(23)16(24)8-13/h4-9,14,17,25-26H,3,10-11H2,1-2H3/t17-/m1/s1. The maximum absolute atomic E-state index is 13.8. The Morgan fingerprint density at radius 2 is 2.00 bits per heavy atom. The summed E-state index contributed by atoms with van der Waals surface area (Å²) in [5.41, 5.74) is 0.928. The van der Waals surface area contributed by atoms with Gasteiger partial charge in [-0.3, -0.25) is 20.3 Å². The quantitative estimate of drug-likeness (QED) is 0.464. The van der Waals surface area contributed by atoms with E-state index in [9.17, 15) is 8.78 Å². The van der Waals surface area contributed by atoms with Crippen molar-refractivity contribution in [2.75, 3.05) is 23.0 Å². The van der Waals surface area contributed by atoms with E-state index in [2.05, 4.69) is 14.9 Å². The highest BCUT2D eigenvalue weighted by molar-refractivity contribution is 6.21. The largest absolute Gasteiger partial charge is 0.377 e. The summed E-state index contributed by atoms with van der Waals surface area (Å²) in [7, 11) is 0. The Bertz CT molecular complexity index is 1250. The van der Waals surface area contributed by atoms with Gasteiger partial charge in [0.2, 0.25) is 5.95 Å². The summed E-state index contributed by atoms with van der Waals surface area (Å²) in [6, 6.07) is 3.36. The number of nitrogens with zero attached hydrogens (tertiary/aromatic N) is 6. The highest BCUT2D eigenvalue weighted by Crippen LogP contribution is 2.38. The zero-order chi connectivity index (χ0) is 23.3. The Morgan fingerprint density at radius 3 is 2.64 bits per heavy atom. The van der Waals surface area contributed by atoms with Crippen LogP contribution in [0.5, 0.6) is 0 Å². The Hall–Kier alpha value is -3.73. The van der Waals surface area contributed by atoms with Crippen LogP contribution in [0.4, 0.5) is 20.3 Å². The van der Waals surface area contributed by atoms with E-state index >= 15 is 0 Å². The van der Waals surface area contributed by atoms with Gasteiger partial charge in [0.15, 0.2) is 17.5 Å². The molecule has 2 aliphatic heterocycles. The molecule has 0 aliphatic carbocycles. The molecule has 1 atom stereocenters. The van der Waals surface area contributed by atoms with Crippen molar-refractivity contribution >= 4 is 23.2 Å². The predicted molar refractivity (Wildman–Crippen MR) is 119 cm³/mol. The van der Waals surface area contributed by atoms with Crippen LogP contribution >= 0.6 is 0 Å². The number of hydrogen-bond donors (Lipinski definition) is 2. The predicted octanol–water partition coefficient (Wildman–Crippen LogP) is 3.39. The van der Waals surface area contributed by atoms with Gasteiger partial charge in [0.25, 0.3) is 0 Å². The highest BCUT2D eigenvalue weighted by atomic mass is 19.2. The van der Waals surface area contributed by atoms with E-state index in [1.807, 2.05) is 6.92 Å². The number of nitrogens with one attached hydrogen (secondary N) is 2. The first-order valence-electron chi connectivity index (χ1n) is 10.6. The fraction of sp³-hybridized carbons (Fsp3) is 0.318. The van der Waals surface area contributed by atoms with Gasteiger partial charge in [-0.1, -0.05) is 6.92 Å². The van der Waals surface area contributed by atoms with Crippen LogP contribution in [0.2, 0.25) is 0 Å². The summed E-state index contributed by atoms with van der Waals surface area (Å²) in [6.45, 7) is 4.67. The molecule has 3 aromatic rings. The molecule has 4 heterocycles. The number of anilines is 2. The molecule has 0 bridgehead atoms. The van der Waals surface area contributed by atoms with Crippen molar-refractivity contribution in [3.05, 3.63) is 48.4 Å². The summed E-state index contributed by atoms with van der Waals surface area (Å²) in [5.74, 6) is -0.157. The van der Waals surface area contributed by atoms with Crippen LogP contribution in [0.15, 0.2) is 36.8 Å². The van der Waals surface area contributed by atoms with Crippen molar-refractivity contribution in [1.82, 2.24) is 19.5 Å². The van der Waals surface area contributed by atoms with Crippen LogP contribution in [0.3, 0.4) is 0 Å². The van der Waals surface area contributed by atoms with Crippen molar-refractivity contribution in [3.63, 3.8) is 0 Å². The van der Waals surface area contributed by atoms with E-state index in [4.69, 9.17) is 20.5 Å². The maximum Gasteiger partial charge on any atom is 0.237 e. The highest BCUT2D eigenvalue weighted by Gasteiger charge is 2.42. The first kappa shape index (κ1) is 21.1. The lowest BCUT2D eigenvalue weighted by molar-refractivity contribution is 0.00606. The summed E-state index contributed by atoms with van der Waals surface area (Å²) in [5, 5.41) is 17.0. The zero-order valence-electron chi connectivity index (χ0n) is 18.1. The van der Waals surface area contributed by atoms with Crippen molar-refractivity contribution in [2.45, 2.75) is 32.4 Å². The molecule has 11 heteroatoms. The van der Waals surface area contributed by atoms with E-state index in [0.29, 0.717) is 54.3 Å². The van der Waals surface area contributed by atoms with Gasteiger partial charge in [0.05, 0.1) is 31.5 Å². The number of imidazole rings is 1. The lowest BCUT2D eigenvalue weighted by Gasteiger charge is -2.48. The maximum atomic E-state index is 13.8. The minimum absolute atomic E-state index is 0.0541. The zero-order valence-corrected chi connectivity index (χ0v) is 18.1. The van der Waals surface area contributed by atoms with Crippen LogP contribution in [0, 0.1) is 22.5 Å². The molecule has 0 radical (unpaired) electrons. The van der Waals surface area contributed by atoms with Gasteiger partial charge in [-0.25, -0.2) is 18.7 Å². The van der Waals surface area contributed by atoms with Gasteiger partial charge < -0.3 is 9.64 Å². The summed E-state index contributed by atoms with van der Waals surface area (Å²) < 4.78 is 34.3. The Balaban J connectivity index is 1.65. The summed E-state index contributed by atoms with van der Waals surface area (Å²) in [6.07, 6.45) is 5.42. The van der Waals surface area contributed by atoms with E-state index in [-0.39, 0.29) is 17.9 Å². The monoisotopic (exact) mass is 452 g/mol. The van der Waals surface area contributed by atoms with Crippen LogP contribution in [0.1, 0.15) is 20.3 Å². The Kier molecular flexibility index (Phi) is 5.12. The Labute approximate surface area is 188 Å². The van der Waals surface area contributed by atoms with E-state index in [1.165, 1.54) is 12.3 Å². The van der Waals surface area contributed by atoms with Crippen LogP contribution in [-0.4, -0.2) is 56.5 Å². The molecule has 33 heavy (non-hydrogen) atoms. The second kappa shape index (κ2) is 8.00. The number of amidine groups is 2. The third kappa shape index (κ3) is 3.35. The average Bonchev–Trinajstić information content (AvgIpc) is 3.24. The van der Waals surface area contributed by atoms with E-state index < -0.39 is 11.6 Å². The molecule has 0 spiro atoms. The lowest BCUT2D eigenvalue weighted by Crippen LogP contribution is -2.62. The SMILES string of the molecule is CC[C@@H]1C(=N)N(C(C)=N)c2cnc(-n3ccnc3-c3ccc(F)c(F)c3)nc2N1C1COC1. The molecule has 0 amide bonds. The second-order valence-corrected chi connectivity index (χ2v) is 7.96. The first-order valence-corrected chi connectivity index (χ1v) is 10.6. The van der Waals surface area contributed by atoms with Gasteiger partial charge in [-0.05, 0) is 31.5 Å². The number of hydrogen-bond acceptors (Lipinski definition) is 7. The number of halogens is 2. The summed E-state index contributed by atoms with van der Waals surface area (Å²) >= 11 is 0. The van der Waals surface area contributed by atoms with Crippen LogP contribution < -0.4 is 9.80 Å². The number of ether oxygens (including phenoxy) is 1.